The van der Waals surface area contributed by atoms with E-state index in [1.807, 2.05) is 146 Å². The quantitative estimate of drug-likeness (QED) is 0.151. The first-order valence-electron chi connectivity index (χ1n) is 16.9. The molecule has 2 N–H and O–H groups in total. The second-order valence-electron chi connectivity index (χ2n) is 12.4. The van der Waals surface area contributed by atoms with Crippen molar-refractivity contribution in [2.45, 2.75) is 12.5 Å². The van der Waals surface area contributed by atoms with Gasteiger partial charge < -0.3 is 4.74 Å². The third-order valence-electron chi connectivity index (χ3n) is 9.12. The maximum atomic E-state index is 14.9. The van der Waals surface area contributed by atoms with Crippen LogP contribution in [-0.2, 0) is 6.61 Å². The molecule has 0 aliphatic rings. The first-order chi connectivity index (χ1) is 25.5. The number of hydrogen-bond acceptors (Lipinski definition) is 3. The molecule has 0 aliphatic carbocycles. The minimum atomic E-state index is -0.820. The molecule has 0 saturated carbocycles. The lowest BCUT2D eigenvalue weighted by atomic mass is 9.83. The molecule has 254 valence electrons. The van der Waals surface area contributed by atoms with Gasteiger partial charge in [-0.25, -0.2) is 13.8 Å². The predicted molar refractivity (Wildman–Crippen MR) is 202 cm³/mol. The van der Waals surface area contributed by atoms with Gasteiger partial charge in [0.05, 0.1) is 33.9 Å². The van der Waals surface area contributed by atoms with Gasteiger partial charge in [-0.2, -0.15) is 0 Å². The highest BCUT2D eigenvalue weighted by molar-refractivity contribution is 5.71. The van der Waals surface area contributed by atoms with E-state index in [0.29, 0.717) is 39.6 Å². The normalized spacial score (nSPS) is 11.2. The number of halogens is 1. The molecule has 8 heteroatoms. The van der Waals surface area contributed by atoms with Crippen LogP contribution in [0.15, 0.2) is 179 Å². The van der Waals surface area contributed by atoms with Crippen LogP contribution in [0.2, 0.25) is 0 Å². The summed E-state index contributed by atoms with van der Waals surface area (Å²) in [6.45, 7) is 0.249. The lowest BCUT2D eigenvalue weighted by molar-refractivity contribution is 0.306. The van der Waals surface area contributed by atoms with Gasteiger partial charge in [-0.1, -0.05) is 121 Å². The Morgan fingerprint density at radius 3 is 1.38 bits per heavy atom. The van der Waals surface area contributed by atoms with E-state index < -0.39 is 5.92 Å². The number of aromatic nitrogens is 4. The number of nitrogens with one attached hydrogen (secondary N) is 2. The highest BCUT2D eigenvalue weighted by atomic mass is 19.1. The molecule has 0 unspecified atom stereocenters. The molecule has 0 saturated heterocycles. The highest BCUT2D eigenvalue weighted by Gasteiger charge is 2.33. The molecule has 0 bridgehead atoms. The Kier molecular flexibility index (Phi) is 8.77. The Bertz CT molecular complexity index is 2400. The third kappa shape index (κ3) is 6.29. The largest absolute Gasteiger partial charge is 0.489 e. The summed E-state index contributed by atoms with van der Waals surface area (Å²) in [7, 11) is 0. The van der Waals surface area contributed by atoms with E-state index in [1.54, 1.807) is 12.1 Å². The number of H-pyrrole nitrogens is 2. The van der Waals surface area contributed by atoms with Gasteiger partial charge >= 0.3 is 0 Å². The minimum Gasteiger partial charge on any atom is -0.489 e. The van der Waals surface area contributed by atoms with Gasteiger partial charge in [-0.3, -0.25) is 19.8 Å². The van der Waals surface area contributed by atoms with Crippen molar-refractivity contribution in [1.29, 1.82) is 0 Å². The van der Waals surface area contributed by atoms with Crippen molar-refractivity contribution in [1.82, 2.24) is 19.6 Å². The Hall–Kier alpha value is -6.93. The maximum Gasteiger partial charge on any atom is 0.276 e. The minimum absolute atomic E-state index is 0.249. The van der Waals surface area contributed by atoms with Crippen LogP contribution in [0.4, 0.5) is 4.39 Å². The van der Waals surface area contributed by atoms with Crippen molar-refractivity contribution >= 4 is 0 Å². The van der Waals surface area contributed by atoms with E-state index in [0.717, 1.165) is 22.3 Å². The SMILES string of the molecule is O=c1c(C(c2ccc(OCc3ccc(F)cc3)cc2)c2c(-c3ccccc3)[nH]n(-c3ccccc3)c2=O)c(-c2ccccc2)[nH]n1-c1ccccc1. The number of rotatable bonds is 10. The standard InChI is InChI=1S/C44H33FN4O3/c45-34-25-21-30(22-26-34)29-52-37-27-23-31(24-28-37)38(39-41(32-13-5-1-6-14-32)46-48(43(39)50)35-17-9-3-10-18-35)40-42(33-15-7-2-8-16-33)47-49(44(40)51)36-19-11-4-12-20-36/h1-28,38,46-47H,29H2. The first kappa shape index (κ1) is 32.3. The molecule has 52 heavy (non-hydrogen) atoms. The van der Waals surface area contributed by atoms with Crippen LogP contribution in [0.1, 0.15) is 28.2 Å². The lowest BCUT2D eigenvalue weighted by Crippen LogP contribution is -2.25. The number of aromatic amines is 2. The van der Waals surface area contributed by atoms with Crippen LogP contribution in [0, 0.1) is 5.82 Å². The van der Waals surface area contributed by atoms with Crippen LogP contribution < -0.4 is 15.9 Å². The summed E-state index contributed by atoms with van der Waals surface area (Å²) < 4.78 is 22.6. The molecule has 0 amide bonds. The average molecular weight is 685 g/mol. The average Bonchev–Trinajstić information content (AvgIpc) is 3.73. The maximum absolute atomic E-state index is 14.9. The number of nitrogens with zero attached hydrogens (tertiary/aromatic N) is 2. The van der Waals surface area contributed by atoms with E-state index in [1.165, 1.54) is 21.5 Å². The Morgan fingerprint density at radius 1 is 0.519 bits per heavy atom. The van der Waals surface area contributed by atoms with Gasteiger partial charge in [0.15, 0.2) is 0 Å². The molecule has 2 heterocycles. The molecule has 0 atom stereocenters. The van der Waals surface area contributed by atoms with Crippen molar-refractivity contribution in [2.24, 2.45) is 0 Å². The van der Waals surface area contributed by atoms with Crippen LogP contribution in [0.3, 0.4) is 0 Å². The van der Waals surface area contributed by atoms with Crippen molar-refractivity contribution in [3.05, 3.63) is 219 Å². The summed E-state index contributed by atoms with van der Waals surface area (Å²) in [4.78, 5) is 29.8. The molecule has 0 spiro atoms. The van der Waals surface area contributed by atoms with Crippen LogP contribution in [-0.4, -0.2) is 19.6 Å². The Balaban J connectivity index is 1.37. The Morgan fingerprint density at radius 2 is 0.942 bits per heavy atom. The van der Waals surface area contributed by atoms with Gasteiger partial charge in [0.2, 0.25) is 0 Å². The van der Waals surface area contributed by atoms with Crippen LogP contribution in [0.5, 0.6) is 5.75 Å². The molecule has 0 radical (unpaired) electrons. The number of hydrogen-bond donors (Lipinski definition) is 2. The smallest absolute Gasteiger partial charge is 0.276 e. The molecule has 6 aromatic carbocycles. The molecule has 7 nitrogen and oxygen atoms in total. The molecular weight excluding hydrogens is 652 g/mol. The molecule has 8 rings (SSSR count). The van der Waals surface area contributed by atoms with E-state index in [2.05, 4.69) is 10.2 Å². The topological polar surface area (TPSA) is 84.8 Å². The molecule has 2 aromatic heterocycles. The zero-order valence-electron chi connectivity index (χ0n) is 27.9. The van der Waals surface area contributed by atoms with E-state index in [-0.39, 0.29) is 23.5 Å². The summed E-state index contributed by atoms with van der Waals surface area (Å²) in [5.41, 5.74) is 5.95. The zero-order chi connectivity index (χ0) is 35.4. The fourth-order valence-corrected chi connectivity index (χ4v) is 6.58. The molecule has 0 aliphatic heterocycles. The molecular formula is C44H33FN4O3. The Labute approximate surface area is 298 Å². The van der Waals surface area contributed by atoms with Gasteiger partial charge in [0.25, 0.3) is 11.1 Å². The van der Waals surface area contributed by atoms with E-state index >= 15 is 0 Å². The van der Waals surface area contributed by atoms with E-state index in [9.17, 15) is 14.0 Å². The van der Waals surface area contributed by atoms with Crippen molar-refractivity contribution < 1.29 is 9.13 Å². The number of benzene rings is 6. The highest BCUT2D eigenvalue weighted by Crippen LogP contribution is 2.39. The summed E-state index contributed by atoms with van der Waals surface area (Å²) in [5.74, 6) is -0.542. The second kappa shape index (κ2) is 14.1. The van der Waals surface area contributed by atoms with Crippen LogP contribution >= 0.6 is 0 Å². The lowest BCUT2D eigenvalue weighted by Gasteiger charge is -2.18. The first-order valence-corrected chi connectivity index (χ1v) is 16.9. The van der Waals surface area contributed by atoms with Gasteiger partial charge in [-0.15, -0.1) is 0 Å². The second-order valence-corrected chi connectivity index (χ2v) is 12.4. The van der Waals surface area contributed by atoms with Crippen molar-refractivity contribution in [2.75, 3.05) is 0 Å². The summed E-state index contributed by atoms with van der Waals surface area (Å²) in [5, 5.41) is 6.81. The fraction of sp³-hybridized carbons (Fsp3) is 0.0455. The summed E-state index contributed by atoms with van der Waals surface area (Å²) >= 11 is 0. The zero-order valence-corrected chi connectivity index (χ0v) is 27.9. The number of ether oxygens (including phenoxy) is 1. The molecule has 8 aromatic rings. The van der Waals surface area contributed by atoms with Crippen molar-refractivity contribution in [3.8, 4) is 39.6 Å². The third-order valence-corrected chi connectivity index (χ3v) is 9.12. The molecule has 0 fully saturated rings. The van der Waals surface area contributed by atoms with Gasteiger partial charge in [-0.05, 0) is 70.8 Å². The van der Waals surface area contributed by atoms with Crippen LogP contribution in [0.25, 0.3) is 33.9 Å². The van der Waals surface area contributed by atoms with Gasteiger partial charge in [0, 0.05) is 5.92 Å². The van der Waals surface area contributed by atoms with E-state index in [4.69, 9.17) is 4.74 Å². The van der Waals surface area contributed by atoms with Gasteiger partial charge in [0.1, 0.15) is 18.2 Å². The summed E-state index contributed by atoms with van der Waals surface area (Å²) in [6, 6.07) is 51.8. The fourth-order valence-electron chi connectivity index (χ4n) is 6.58. The monoisotopic (exact) mass is 684 g/mol. The predicted octanol–water partition coefficient (Wildman–Crippen LogP) is 8.88. The summed E-state index contributed by atoms with van der Waals surface area (Å²) in [6.07, 6.45) is 0. The number of para-hydroxylation sites is 2. The van der Waals surface area contributed by atoms with Crippen molar-refractivity contribution in [3.63, 3.8) is 0 Å².